The van der Waals surface area contributed by atoms with Crippen LogP contribution >= 0.6 is 12.2 Å². The molecule has 0 aromatic heterocycles. The molecule has 0 aliphatic carbocycles. The van der Waals surface area contributed by atoms with Crippen LogP contribution in [0, 0.1) is 0 Å². The Hall–Kier alpha value is -0.220. The number of amides is 1. The molecule has 0 aromatic carbocycles. The van der Waals surface area contributed by atoms with Crippen LogP contribution in [0.3, 0.4) is 0 Å². The molecule has 4 heteroatoms. The van der Waals surface area contributed by atoms with Gasteiger partial charge in [0.2, 0.25) is 5.91 Å². The van der Waals surface area contributed by atoms with Crippen molar-refractivity contribution in [2.75, 3.05) is 0 Å². The zero-order valence-corrected chi connectivity index (χ0v) is 4.79. The van der Waals surface area contributed by atoms with Gasteiger partial charge in [-0.05, 0) is 0 Å². The topological polar surface area (TPSA) is 49.3 Å². The molecular weight excluding hydrogens is 114 g/mol. The first-order chi connectivity index (χ1) is 3.31. The standard InChI is InChI=1S/C3H7NO2S/c1-2-3(5)4-7-6/h6H,2H2,1H3,(H,4,5). The van der Waals surface area contributed by atoms with Crippen molar-refractivity contribution in [3.8, 4) is 0 Å². The molecule has 0 spiro atoms. The number of rotatable bonds is 2. The van der Waals surface area contributed by atoms with E-state index in [1.807, 2.05) is 0 Å². The van der Waals surface area contributed by atoms with Gasteiger partial charge < -0.3 is 4.55 Å². The third-order valence-electron chi connectivity index (χ3n) is 0.481. The maximum atomic E-state index is 10.1. The molecule has 0 atom stereocenters. The summed E-state index contributed by atoms with van der Waals surface area (Å²) in [7, 11) is 0. The maximum absolute atomic E-state index is 10.1. The van der Waals surface area contributed by atoms with Crippen molar-refractivity contribution < 1.29 is 9.35 Å². The lowest BCUT2D eigenvalue weighted by atomic mass is 10.5. The van der Waals surface area contributed by atoms with E-state index in [9.17, 15) is 4.79 Å². The molecular formula is C3H7NO2S. The second-order valence-corrected chi connectivity index (χ2v) is 1.36. The van der Waals surface area contributed by atoms with Gasteiger partial charge in [0, 0.05) is 6.42 Å². The van der Waals surface area contributed by atoms with Crippen LogP contribution < -0.4 is 4.72 Å². The predicted molar refractivity (Wildman–Crippen MR) is 28.7 cm³/mol. The molecule has 0 fully saturated rings. The maximum Gasteiger partial charge on any atom is 0.231 e. The molecule has 0 saturated heterocycles. The summed E-state index contributed by atoms with van der Waals surface area (Å²) in [5, 5.41) is 0. The van der Waals surface area contributed by atoms with Crippen molar-refractivity contribution in [2.45, 2.75) is 13.3 Å². The van der Waals surface area contributed by atoms with Gasteiger partial charge in [0.05, 0.1) is 0 Å². The van der Waals surface area contributed by atoms with Gasteiger partial charge in [0.1, 0.15) is 12.2 Å². The highest BCUT2D eigenvalue weighted by molar-refractivity contribution is 7.92. The molecule has 0 saturated carbocycles. The van der Waals surface area contributed by atoms with Crippen molar-refractivity contribution >= 4 is 18.1 Å². The molecule has 0 radical (unpaired) electrons. The summed E-state index contributed by atoms with van der Waals surface area (Å²) in [5.41, 5.74) is 0. The smallest absolute Gasteiger partial charge is 0.231 e. The van der Waals surface area contributed by atoms with Crippen molar-refractivity contribution in [3.63, 3.8) is 0 Å². The van der Waals surface area contributed by atoms with Gasteiger partial charge in [-0.3, -0.25) is 9.52 Å². The molecule has 0 heterocycles. The van der Waals surface area contributed by atoms with E-state index in [2.05, 4.69) is 4.72 Å². The van der Waals surface area contributed by atoms with Crippen LogP contribution in [-0.4, -0.2) is 10.5 Å². The zero-order chi connectivity index (χ0) is 5.70. The molecule has 2 N–H and O–H groups in total. The summed E-state index contributed by atoms with van der Waals surface area (Å²) in [5.74, 6) is -0.160. The second-order valence-electron chi connectivity index (χ2n) is 0.970. The Bertz CT molecular complexity index is 66.0. The van der Waals surface area contributed by atoms with Gasteiger partial charge in [-0.15, -0.1) is 0 Å². The van der Waals surface area contributed by atoms with Gasteiger partial charge in [0.25, 0.3) is 0 Å². The van der Waals surface area contributed by atoms with E-state index < -0.39 is 0 Å². The van der Waals surface area contributed by atoms with Crippen LogP contribution in [0.4, 0.5) is 0 Å². The minimum Gasteiger partial charge on any atom is -0.312 e. The average Bonchev–Trinajstić information content (AvgIpc) is 1.68. The lowest BCUT2D eigenvalue weighted by Gasteiger charge is -1.90. The first kappa shape index (κ1) is 6.78. The van der Waals surface area contributed by atoms with E-state index in [0.717, 1.165) is 0 Å². The number of hydrogen-bond acceptors (Lipinski definition) is 3. The first-order valence-electron chi connectivity index (χ1n) is 1.90. The lowest BCUT2D eigenvalue weighted by molar-refractivity contribution is -0.118. The molecule has 1 amide bonds. The Morgan fingerprint density at radius 2 is 2.57 bits per heavy atom. The molecule has 3 nitrogen and oxygen atoms in total. The summed E-state index contributed by atoms with van der Waals surface area (Å²) < 4.78 is 10.1. The van der Waals surface area contributed by atoms with Crippen molar-refractivity contribution in [1.82, 2.24) is 4.72 Å². The highest BCUT2D eigenvalue weighted by atomic mass is 32.2. The monoisotopic (exact) mass is 121 g/mol. The summed E-state index contributed by atoms with van der Waals surface area (Å²) in [6.07, 6.45) is 0.410. The number of carbonyl (C=O) groups is 1. The Balaban J connectivity index is 3.00. The third kappa shape index (κ3) is 3.61. The minimum absolute atomic E-state index is 0.160. The third-order valence-corrected chi connectivity index (χ3v) is 0.800. The van der Waals surface area contributed by atoms with Crippen molar-refractivity contribution in [1.29, 1.82) is 0 Å². The van der Waals surface area contributed by atoms with Crippen LogP contribution in [0.5, 0.6) is 0 Å². The summed E-state index contributed by atoms with van der Waals surface area (Å²) in [6.45, 7) is 1.71. The van der Waals surface area contributed by atoms with Gasteiger partial charge in [0.15, 0.2) is 0 Å². The van der Waals surface area contributed by atoms with Crippen LogP contribution in [0.2, 0.25) is 0 Å². The lowest BCUT2D eigenvalue weighted by Crippen LogP contribution is -2.12. The van der Waals surface area contributed by atoms with E-state index in [4.69, 9.17) is 4.55 Å². The van der Waals surface area contributed by atoms with Gasteiger partial charge in [-0.25, -0.2) is 0 Å². The fourth-order valence-electron chi connectivity index (χ4n) is 0.123. The largest absolute Gasteiger partial charge is 0.312 e. The average molecular weight is 121 g/mol. The summed E-state index contributed by atoms with van der Waals surface area (Å²) in [6, 6.07) is 0. The van der Waals surface area contributed by atoms with Crippen molar-refractivity contribution in [2.24, 2.45) is 0 Å². The second kappa shape index (κ2) is 3.95. The Morgan fingerprint density at radius 1 is 2.00 bits per heavy atom. The molecule has 0 aliphatic heterocycles. The van der Waals surface area contributed by atoms with Crippen molar-refractivity contribution in [3.05, 3.63) is 0 Å². The molecule has 0 rings (SSSR count). The SMILES string of the molecule is CCC(=O)NSO. The first-order valence-corrected chi connectivity index (χ1v) is 2.67. The highest BCUT2D eigenvalue weighted by Crippen LogP contribution is 1.82. The molecule has 0 aromatic rings. The fraction of sp³-hybridized carbons (Fsp3) is 0.667. The zero-order valence-electron chi connectivity index (χ0n) is 3.97. The Morgan fingerprint density at radius 3 is 2.71 bits per heavy atom. The Kier molecular flexibility index (Phi) is 3.83. The van der Waals surface area contributed by atoms with E-state index in [1.54, 1.807) is 6.92 Å². The van der Waals surface area contributed by atoms with Crippen LogP contribution in [0.15, 0.2) is 0 Å². The van der Waals surface area contributed by atoms with Crippen LogP contribution in [0.25, 0.3) is 0 Å². The molecule has 7 heavy (non-hydrogen) atoms. The molecule has 42 valence electrons. The van der Waals surface area contributed by atoms with E-state index >= 15 is 0 Å². The van der Waals surface area contributed by atoms with Gasteiger partial charge in [-0.1, -0.05) is 6.92 Å². The molecule has 0 unspecified atom stereocenters. The fourth-order valence-corrected chi connectivity index (χ4v) is 0.369. The Labute approximate surface area is 46.4 Å². The number of nitrogens with one attached hydrogen (secondary N) is 1. The summed E-state index contributed by atoms with van der Waals surface area (Å²) >= 11 is 0.335. The van der Waals surface area contributed by atoms with Crippen LogP contribution in [-0.2, 0) is 4.79 Å². The molecule has 0 aliphatic rings. The normalized spacial score (nSPS) is 8.29. The molecule has 0 bridgehead atoms. The highest BCUT2D eigenvalue weighted by Gasteiger charge is 1.90. The quantitative estimate of drug-likeness (QED) is 0.416. The predicted octanol–water partition coefficient (Wildman–Crippen LogP) is 0.634. The van der Waals surface area contributed by atoms with Gasteiger partial charge in [-0.2, -0.15) is 0 Å². The number of hydrogen-bond donors (Lipinski definition) is 2. The van der Waals surface area contributed by atoms with E-state index in [0.29, 0.717) is 18.6 Å². The summed E-state index contributed by atoms with van der Waals surface area (Å²) in [4.78, 5) is 10.1. The minimum atomic E-state index is -0.160. The number of carbonyl (C=O) groups excluding carboxylic acids is 1. The van der Waals surface area contributed by atoms with Crippen LogP contribution in [0.1, 0.15) is 13.3 Å². The van der Waals surface area contributed by atoms with E-state index in [1.165, 1.54) is 0 Å². The van der Waals surface area contributed by atoms with Gasteiger partial charge >= 0.3 is 0 Å². The van der Waals surface area contributed by atoms with E-state index in [-0.39, 0.29) is 5.91 Å².